The maximum atomic E-state index is 5.99. The van der Waals surface area contributed by atoms with Crippen molar-refractivity contribution in [2.45, 2.75) is 20.5 Å². The van der Waals surface area contributed by atoms with Crippen molar-refractivity contribution in [2.75, 3.05) is 5.73 Å². The van der Waals surface area contributed by atoms with Crippen LogP contribution >= 0.6 is 11.3 Å². The smallest absolute Gasteiger partial charge is 0.168 e. The van der Waals surface area contributed by atoms with Gasteiger partial charge in [0.25, 0.3) is 0 Å². The highest BCUT2D eigenvalue weighted by molar-refractivity contribution is 7.19. The minimum absolute atomic E-state index is 0.344. The van der Waals surface area contributed by atoms with Crippen molar-refractivity contribution in [1.29, 1.82) is 0 Å². The van der Waals surface area contributed by atoms with E-state index in [4.69, 9.17) is 10.6 Å². The fraction of sp³-hybridized carbons (Fsp3) is 0.267. The zero-order chi connectivity index (χ0) is 14.8. The number of hydrogen-bond acceptors (Lipinski definition) is 6. The lowest BCUT2D eigenvalue weighted by molar-refractivity contribution is 0.131. The summed E-state index contributed by atoms with van der Waals surface area (Å²) in [6.45, 7) is 4.43. The fourth-order valence-corrected chi connectivity index (χ4v) is 3.00. The summed E-state index contributed by atoms with van der Waals surface area (Å²) >= 11 is 1.57. The first-order valence-electron chi connectivity index (χ1n) is 6.74. The van der Waals surface area contributed by atoms with Crippen molar-refractivity contribution in [3.05, 3.63) is 29.3 Å². The number of oxime groups is 1. The second-order valence-electron chi connectivity index (χ2n) is 5.07. The summed E-state index contributed by atoms with van der Waals surface area (Å²) in [5.74, 6) is 0.820. The Bertz CT molecular complexity index is 810. The molecule has 0 saturated carbocycles. The molecule has 0 saturated heterocycles. The van der Waals surface area contributed by atoms with Gasteiger partial charge in [0.05, 0.1) is 10.2 Å². The number of para-hydroxylation sites is 1. The molecule has 1 aromatic carbocycles. The van der Waals surface area contributed by atoms with Gasteiger partial charge in [-0.15, -0.1) is 11.3 Å². The highest BCUT2D eigenvalue weighted by atomic mass is 32.1. The van der Waals surface area contributed by atoms with E-state index in [9.17, 15) is 0 Å². The monoisotopic (exact) mass is 300 g/mol. The number of anilines is 1. The van der Waals surface area contributed by atoms with Crippen LogP contribution in [0.3, 0.4) is 0 Å². The van der Waals surface area contributed by atoms with Crippen LogP contribution in [0, 0.1) is 5.92 Å². The Morgan fingerprint density at radius 2 is 2.14 bits per heavy atom. The van der Waals surface area contributed by atoms with E-state index >= 15 is 0 Å². The molecular formula is C15H16N4OS. The SMILES string of the molecule is CC(C)/C=N/OCc1nc2c(N)nc3ccccc3c2s1. The second-order valence-corrected chi connectivity index (χ2v) is 6.16. The molecule has 0 aliphatic carbocycles. The minimum atomic E-state index is 0.344. The zero-order valence-corrected chi connectivity index (χ0v) is 12.7. The Labute approximate surface area is 126 Å². The van der Waals surface area contributed by atoms with Gasteiger partial charge in [0.1, 0.15) is 10.5 Å². The molecule has 0 spiro atoms. The number of pyridine rings is 1. The number of rotatable bonds is 4. The molecule has 2 heterocycles. The topological polar surface area (TPSA) is 73.4 Å². The normalized spacial score (nSPS) is 12.0. The van der Waals surface area contributed by atoms with Crippen LogP contribution in [0.15, 0.2) is 29.4 Å². The van der Waals surface area contributed by atoms with Crippen LogP contribution < -0.4 is 5.73 Å². The quantitative estimate of drug-likeness (QED) is 0.590. The van der Waals surface area contributed by atoms with Crippen LogP contribution in [0.1, 0.15) is 18.9 Å². The van der Waals surface area contributed by atoms with Gasteiger partial charge >= 0.3 is 0 Å². The van der Waals surface area contributed by atoms with Crippen LogP contribution in [0.2, 0.25) is 0 Å². The second kappa shape index (κ2) is 5.65. The number of nitrogens with zero attached hydrogens (tertiary/aromatic N) is 3. The van der Waals surface area contributed by atoms with E-state index in [0.29, 0.717) is 18.3 Å². The number of thiazole rings is 1. The number of hydrogen-bond donors (Lipinski definition) is 1. The largest absolute Gasteiger partial charge is 0.389 e. The average molecular weight is 300 g/mol. The van der Waals surface area contributed by atoms with E-state index in [-0.39, 0.29) is 0 Å². The summed E-state index contributed by atoms with van der Waals surface area (Å²) in [6.07, 6.45) is 1.76. The number of fused-ring (bicyclic) bond motifs is 3. The molecule has 0 atom stereocenters. The predicted octanol–water partition coefficient (Wildman–Crippen LogP) is 3.59. The summed E-state index contributed by atoms with van der Waals surface area (Å²) in [5.41, 5.74) is 7.62. The third-order valence-corrected chi connectivity index (χ3v) is 3.99. The molecule has 0 radical (unpaired) electrons. The van der Waals surface area contributed by atoms with Crippen LogP contribution in [-0.4, -0.2) is 16.2 Å². The summed E-state index contributed by atoms with van der Waals surface area (Å²) in [6, 6.07) is 7.92. The molecule has 2 aromatic heterocycles. The van der Waals surface area contributed by atoms with E-state index in [2.05, 4.69) is 15.1 Å². The Hall–Kier alpha value is -2.21. The summed E-state index contributed by atoms with van der Waals surface area (Å²) < 4.78 is 1.05. The summed E-state index contributed by atoms with van der Waals surface area (Å²) in [5, 5.41) is 5.83. The van der Waals surface area contributed by atoms with Gasteiger partial charge in [-0.3, -0.25) is 0 Å². The summed E-state index contributed by atoms with van der Waals surface area (Å²) in [7, 11) is 0. The average Bonchev–Trinajstić information content (AvgIpc) is 2.88. The Morgan fingerprint density at radius 3 is 2.95 bits per heavy atom. The fourth-order valence-electron chi connectivity index (χ4n) is 1.99. The van der Waals surface area contributed by atoms with Crippen molar-refractivity contribution in [2.24, 2.45) is 11.1 Å². The maximum absolute atomic E-state index is 5.99. The van der Waals surface area contributed by atoms with Crippen LogP contribution in [-0.2, 0) is 11.4 Å². The van der Waals surface area contributed by atoms with Crippen molar-refractivity contribution in [3.8, 4) is 0 Å². The third kappa shape index (κ3) is 2.80. The molecule has 3 rings (SSSR count). The lowest BCUT2D eigenvalue weighted by atomic mass is 10.2. The predicted molar refractivity (Wildman–Crippen MR) is 87.5 cm³/mol. The molecular weight excluding hydrogens is 284 g/mol. The number of benzene rings is 1. The molecule has 5 nitrogen and oxygen atoms in total. The van der Waals surface area contributed by atoms with Gasteiger partial charge < -0.3 is 10.6 Å². The molecule has 3 aromatic rings. The number of aromatic nitrogens is 2. The molecule has 6 heteroatoms. The Morgan fingerprint density at radius 1 is 1.33 bits per heavy atom. The Kier molecular flexibility index (Phi) is 3.70. The molecule has 0 bridgehead atoms. The van der Waals surface area contributed by atoms with Crippen LogP contribution in [0.4, 0.5) is 5.82 Å². The third-order valence-electron chi connectivity index (χ3n) is 2.93. The van der Waals surface area contributed by atoms with Gasteiger partial charge in [-0.05, 0) is 12.0 Å². The van der Waals surface area contributed by atoms with E-state index in [1.807, 2.05) is 38.1 Å². The molecule has 0 fully saturated rings. The van der Waals surface area contributed by atoms with Crippen molar-refractivity contribution < 1.29 is 4.84 Å². The standard InChI is InChI=1S/C15H16N4OS/c1-9(2)7-17-20-8-12-19-13-14(21-12)10-5-3-4-6-11(10)18-15(13)16/h3-7,9H,8H2,1-2H3,(H2,16,18)/b17-7+. The van der Waals surface area contributed by atoms with Crippen LogP contribution in [0.5, 0.6) is 0 Å². The highest BCUT2D eigenvalue weighted by Gasteiger charge is 2.12. The van der Waals surface area contributed by atoms with E-state index < -0.39 is 0 Å². The van der Waals surface area contributed by atoms with E-state index in [1.165, 1.54) is 0 Å². The number of nitrogens with two attached hydrogens (primary N) is 1. The van der Waals surface area contributed by atoms with Gasteiger partial charge in [0, 0.05) is 11.6 Å². The van der Waals surface area contributed by atoms with Crippen LogP contribution in [0.25, 0.3) is 21.1 Å². The van der Waals surface area contributed by atoms with Gasteiger partial charge in [-0.1, -0.05) is 37.2 Å². The zero-order valence-electron chi connectivity index (χ0n) is 11.9. The molecule has 0 amide bonds. The first-order valence-corrected chi connectivity index (χ1v) is 7.56. The molecule has 0 unspecified atom stereocenters. The van der Waals surface area contributed by atoms with Gasteiger partial charge in [-0.2, -0.15) is 0 Å². The molecule has 0 aliphatic rings. The van der Waals surface area contributed by atoms with Gasteiger partial charge in [-0.25, -0.2) is 9.97 Å². The van der Waals surface area contributed by atoms with E-state index in [1.54, 1.807) is 17.6 Å². The molecule has 108 valence electrons. The minimum Gasteiger partial charge on any atom is -0.389 e. The van der Waals surface area contributed by atoms with Crippen molar-refractivity contribution in [1.82, 2.24) is 9.97 Å². The Balaban J connectivity index is 1.96. The van der Waals surface area contributed by atoms with Gasteiger partial charge in [0.2, 0.25) is 0 Å². The molecule has 21 heavy (non-hydrogen) atoms. The summed E-state index contributed by atoms with van der Waals surface area (Å²) in [4.78, 5) is 14.2. The first kappa shape index (κ1) is 13.8. The molecule has 2 N–H and O–H groups in total. The van der Waals surface area contributed by atoms with E-state index in [0.717, 1.165) is 26.1 Å². The molecule has 0 aliphatic heterocycles. The first-order chi connectivity index (χ1) is 10.1. The lowest BCUT2D eigenvalue weighted by Gasteiger charge is -1.99. The highest BCUT2D eigenvalue weighted by Crippen LogP contribution is 2.32. The van der Waals surface area contributed by atoms with Crippen molar-refractivity contribution >= 4 is 44.5 Å². The van der Waals surface area contributed by atoms with Gasteiger partial charge in [0.15, 0.2) is 12.4 Å². The number of nitrogen functional groups attached to an aromatic ring is 1. The lowest BCUT2D eigenvalue weighted by Crippen LogP contribution is -1.93. The van der Waals surface area contributed by atoms with Crippen molar-refractivity contribution in [3.63, 3.8) is 0 Å². The maximum Gasteiger partial charge on any atom is 0.168 e.